The van der Waals surface area contributed by atoms with Gasteiger partial charge in [-0.05, 0) is 24.1 Å². The van der Waals surface area contributed by atoms with Gasteiger partial charge in [-0.2, -0.15) is 13.2 Å². The van der Waals surface area contributed by atoms with Crippen molar-refractivity contribution in [3.63, 3.8) is 0 Å². The molecule has 0 bridgehead atoms. The molecule has 0 atom stereocenters. The summed E-state index contributed by atoms with van der Waals surface area (Å²) in [7, 11) is 0. The minimum Gasteiger partial charge on any atom is -0.339 e. The summed E-state index contributed by atoms with van der Waals surface area (Å²) < 4.78 is 36.7. The lowest BCUT2D eigenvalue weighted by atomic mass is 10.1. The number of rotatable bonds is 3. The highest BCUT2D eigenvalue weighted by molar-refractivity contribution is 5.89. The Morgan fingerprint density at radius 2 is 1.75 bits per heavy atom. The molecule has 0 aromatic heterocycles. The molecule has 0 aliphatic carbocycles. The molecule has 1 fully saturated rings. The maximum absolute atomic E-state index is 12.2. The van der Waals surface area contributed by atoms with E-state index in [0.29, 0.717) is 5.69 Å². The second kappa shape index (κ2) is 7.55. The van der Waals surface area contributed by atoms with Crippen LogP contribution in [0.5, 0.6) is 0 Å². The number of aryl methyl sites for hydroxylation is 1. The number of amides is 3. The second-order valence-electron chi connectivity index (χ2n) is 5.64. The molecular weight excluding hydrogens is 323 g/mol. The molecule has 8 heteroatoms. The van der Waals surface area contributed by atoms with Crippen LogP contribution in [0.15, 0.2) is 24.3 Å². The van der Waals surface area contributed by atoms with Gasteiger partial charge in [-0.3, -0.25) is 4.79 Å². The van der Waals surface area contributed by atoms with Gasteiger partial charge in [0.2, 0.25) is 5.91 Å². The first kappa shape index (κ1) is 18.1. The summed E-state index contributed by atoms with van der Waals surface area (Å²) in [4.78, 5) is 26.4. The number of alkyl halides is 3. The van der Waals surface area contributed by atoms with Crippen LogP contribution in [-0.2, 0) is 11.2 Å². The number of carbonyl (C=O) groups excluding carboxylic acids is 2. The molecule has 1 aromatic carbocycles. The number of halogens is 3. The van der Waals surface area contributed by atoms with Gasteiger partial charge in [-0.25, -0.2) is 4.79 Å². The van der Waals surface area contributed by atoms with Crippen LogP contribution in [0.4, 0.5) is 23.7 Å². The lowest BCUT2D eigenvalue weighted by Gasteiger charge is -2.34. The Morgan fingerprint density at radius 3 is 2.33 bits per heavy atom. The maximum atomic E-state index is 12.2. The van der Waals surface area contributed by atoms with Crippen LogP contribution in [0.2, 0.25) is 0 Å². The number of benzene rings is 1. The molecule has 0 spiro atoms. The SMILES string of the molecule is CCc1cccc(NC(=O)N2CCN(C(=O)CC(F)(F)F)CC2)c1. The zero-order chi connectivity index (χ0) is 17.7. The van der Waals surface area contributed by atoms with Crippen molar-refractivity contribution in [3.8, 4) is 0 Å². The van der Waals surface area contributed by atoms with E-state index >= 15 is 0 Å². The highest BCUT2D eigenvalue weighted by atomic mass is 19.4. The Balaban J connectivity index is 1.85. The highest BCUT2D eigenvalue weighted by Crippen LogP contribution is 2.21. The number of carbonyl (C=O) groups is 2. The van der Waals surface area contributed by atoms with Crippen molar-refractivity contribution in [1.82, 2.24) is 9.80 Å². The minimum atomic E-state index is -4.50. The van der Waals surface area contributed by atoms with Crippen molar-refractivity contribution in [2.75, 3.05) is 31.5 Å². The molecule has 1 aliphatic rings. The summed E-state index contributed by atoms with van der Waals surface area (Å²) in [6, 6.07) is 7.15. The van der Waals surface area contributed by atoms with Crippen molar-refractivity contribution >= 4 is 17.6 Å². The van der Waals surface area contributed by atoms with Crippen LogP contribution in [0.25, 0.3) is 0 Å². The Bertz CT molecular complexity index is 596. The van der Waals surface area contributed by atoms with Crippen molar-refractivity contribution in [3.05, 3.63) is 29.8 Å². The van der Waals surface area contributed by atoms with Gasteiger partial charge < -0.3 is 15.1 Å². The largest absolute Gasteiger partial charge is 0.397 e. The topological polar surface area (TPSA) is 52.7 Å². The first-order valence-corrected chi connectivity index (χ1v) is 7.78. The van der Waals surface area contributed by atoms with Crippen molar-refractivity contribution < 1.29 is 22.8 Å². The summed E-state index contributed by atoms with van der Waals surface area (Å²) in [5.41, 5.74) is 1.77. The summed E-state index contributed by atoms with van der Waals surface area (Å²) in [6.07, 6.45) is -5.11. The number of hydrogen-bond acceptors (Lipinski definition) is 2. The van der Waals surface area contributed by atoms with Gasteiger partial charge in [-0.1, -0.05) is 19.1 Å². The van der Waals surface area contributed by atoms with Crippen molar-refractivity contribution in [2.45, 2.75) is 25.9 Å². The molecule has 24 heavy (non-hydrogen) atoms. The molecule has 132 valence electrons. The fourth-order valence-electron chi connectivity index (χ4n) is 2.51. The van der Waals surface area contributed by atoms with E-state index in [1.54, 1.807) is 6.07 Å². The third-order valence-electron chi connectivity index (χ3n) is 3.86. The Hall–Kier alpha value is -2.25. The molecule has 1 aliphatic heterocycles. The van der Waals surface area contributed by atoms with Crippen LogP contribution in [0.1, 0.15) is 18.9 Å². The van der Waals surface area contributed by atoms with Gasteiger partial charge in [0.05, 0.1) is 0 Å². The Kier molecular flexibility index (Phi) is 5.69. The van der Waals surface area contributed by atoms with Gasteiger partial charge in [-0.15, -0.1) is 0 Å². The molecule has 1 aromatic rings. The van der Waals surface area contributed by atoms with E-state index in [-0.39, 0.29) is 32.2 Å². The lowest BCUT2D eigenvalue weighted by Crippen LogP contribution is -2.52. The Labute approximate surface area is 138 Å². The van der Waals surface area contributed by atoms with Gasteiger partial charge in [0.1, 0.15) is 6.42 Å². The molecule has 2 rings (SSSR count). The van der Waals surface area contributed by atoms with Crippen molar-refractivity contribution in [1.29, 1.82) is 0 Å². The predicted molar refractivity (Wildman–Crippen MR) is 83.7 cm³/mol. The fraction of sp³-hybridized carbons (Fsp3) is 0.500. The standard InChI is InChI=1S/C16H20F3N3O2/c1-2-12-4-3-5-13(10-12)20-15(24)22-8-6-21(7-9-22)14(23)11-16(17,18)19/h3-5,10H,2,6-9,11H2,1H3,(H,20,24). The van der Waals surface area contributed by atoms with Crippen molar-refractivity contribution in [2.24, 2.45) is 0 Å². The predicted octanol–water partition coefficient (Wildman–Crippen LogP) is 2.88. The fourth-order valence-corrected chi connectivity index (χ4v) is 2.51. The van der Waals surface area contributed by atoms with Crippen LogP contribution < -0.4 is 5.32 Å². The molecule has 0 saturated carbocycles. The minimum absolute atomic E-state index is 0.108. The van der Waals surface area contributed by atoms with Crippen LogP contribution in [0.3, 0.4) is 0 Å². The molecule has 1 N–H and O–H groups in total. The number of nitrogens with zero attached hydrogens (tertiary/aromatic N) is 2. The molecule has 1 saturated heterocycles. The first-order valence-electron chi connectivity index (χ1n) is 7.78. The maximum Gasteiger partial charge on any atom is 0.397 e. The zero-order valence-electron chi connectivity index (χ0n) is 13.4. The van der Waals surface area contributed by atoms with Gasteiger partial charge >= 0.3 is 12.2 Å². The van der Waals surface area contributed by atoms with E-state index in [0.717, 1.165) is 16.9 Å². The third kappa shape index (κ3) is 5.14. The first-order chi connectivity index (χ1) is 11.3. The lowest BCUT2D eigenvalue weighted by molar-refractivity contribution is -0.162. The third-order valence-corrected chi connectivity index (χ3v) is 3.86. The van der Waals surface area contributed by atoms with E-state index in [1.807, 2.05) is 25.1 Å². The average Bonchev–Trinajstić information content (AvgIpc) is 2.53. The Morgan fingerprint density at radius 1 is 1.12 bits per heavy atom. The van der Waals surface area contributed by atoms with E-state index in [2.05, 4.69) is 5.32 Å². The summed E-state index contributed by atoms with van der Waals surface area (Å²) in [6.45, 7) is 2.65. The number of hydrogen-bond donors (Lipinski definition) is 1. The summed E-state index contributed by atoms with van der Waals surface area (Å²) in [5, 5.41) is 2.77. The normalized spacial score (nSPS) is 15.3. The van der Waals surface area contributed by atoms with E-state index in [9.17, 15) is 22.8 Å². The number of anilines is 1. The molecule has 0 unspecified atom stereocenters. The van der Waals surface area contributed by atoms with Gasteiger partial charge in [0, 0.05) is 31.9 Å². The summed E-state index contributed by atoms with van der Waals surface area (Å²) in [5.74, 6) is -0.946. The van der Waals surface area contributed by atoms with Gasteiger partial charge in [0.25, 0.3) is 0 Å². The molecular formula is C16H20F3N3O2. The molecule has 1 heterocycles. The summed E-state index contributed by atoms with van der Waals surface area (Å²) >= 11 is 0. The highest BCUT2D eigenvalue weighted by Gasteiger charge is 2.34. The van der Waals surface area contributed by atoms with Crippen LogP contribution in [-0.4, -0.2) is 54.1 Å². The molecule has 5 nitrogen and oxygen atoms in total. The van der Waals surface area contributed by atoms with Gasteiger partial charge in [0.15, 0.2) is 0 Å². The van der Waals surface area contributed by atoms with E-state index in [1.165, 1.54) is 4.90 Å². The smallest absolute Gasteiger partial charge is 0.339 e. The van der Waals surface area contributed by atoms with Crippen LogP contribution in [0, 0.1) is 0 Å². The number of piperazine rings is 1. The monoisotopic (exact) mass is 343 g/mol. The second-order valence-corrected chi connectivity index (χ2v) is 5.64. The zero-order valence-corrected chi connectivity index (χ0v) is 13.4. The number of nitrogens with one attached hydrogen (secondary N) is 1. The number of urea groups is 1. The van der Waals surface area contributed by atoms with E-state index < -0.39 is 18.5 Å². The molecule has 3 amide bonds. The molecule has 0 radical (unpaired) electrons. The quantitative estimate of drug-likeness (QED) is 0.917. The average molecular weight is 343 g/mol. The van der Waals surface area contributed by atoms with Crippen LogP contribution >= 0.6 is 0 Å². The van der Waals surface area contributed by atoms with E-state index in [4.69, 9.17) is 0 Å².